The van der Waals surface area contributed by atoms with Crippen molar-refractivity contribution in [1.82, 2.24) is 14.9 Å². The van der Waals surface area contributed by atoms with Crippen molar-refractivity contribution in [2.75, 3.05) is 12.9 Å². The number of aromatic nitrogens is 2. The molecule has 0 aliphatic heterocycles. The van der Waals surface area contributed by atoms with E-state index in [1.54, 1.807) is 23.0 Å². The van der Waals surface area contributed by atoms with Gasteiger partial charge in [0.1, 0.15) is 10.6 Å². The Morgan fingerprint density at radius 3 is 2.61 bits per heavy atom. The van der Waals surface area contributed by atoms with Crippen LogP contribution in [0.5, 0.6) is 5.75 Å². The van der Waals surface area contributed by atoms with Gasteiger partial charge in [-0.15, -0.1) is 11.3 Å². The van der Waals surface area contributed by atoms with E-state index in [9.17, 15) is 9.59 Å². The summed E-state index contributed by atoms with van der Waals surface area (Å²) in [6.45, 7) is 5.84. The van der Waals surface area contributed by atoms with Crippen molar-refractivity contribution >= 4 is 39.2 Å². The maximum atomic E-state index is 13.7. The van der Waals surface area contributed by atoms with Gasteiger partial charge < -0.3 is 10.1 Å². The van der Waals surface area contributed by atoms with Crippen LogP contribution in [0.4, 0.5) is 0 Å². The lowest BCUT2D eigenvalue weighted by atomic mass is 9.97. The first-order valence-corrected chi connectivity index (χ1v) is 12.2. The average molecular weight is 458 g/mol. The third-order valence-electron chi connectivity index (χ3n) is 5.14. The number of fused-ring (bicyclic) bond motifs is 3. The second-order valence-corrected chi connectivity index (χ2v) is 10.7. The molecule has 0 atom stereocenters. The molecule has 0 saturated carbocycles. The molecule has 0 unspecified atom stereocenters. The summed E-state index contributed by atoms with van der Waals surface area (Å²) in [6, 6.07) is 7.36. The van der Waals surface area contributed by atoms with Crippen molar-refractivity contribution < 1.29 is 9.53 Å². The zero-order valence-corrected chi connectivity index (χ0v) is 19.9. The molecule has 1 amide bonds. The standard InChI is InChI=1S/C23H27N3O3S2/c1-23(2,3)25-18(27)13-30-22-24-20-19(16-7-5-6-8-17(16)31-20)21(28)26(22)14-9-11-15(29-4)12-10-14/h9-12H,5-8,13H2,1-4H3,(H,25,27). The van der Waals surface area contributed by atoms with E-state index in [1.807, 2.05) is 45.0 Å². The minimum absolute atomic E-state index is 0.0618. The van der Waals surface area contributed by atoms with Crippen LogP contribution in [-0.2, 0) is 17.6 Å². The summed E-state index contributed by atoms with van der Waals surface area (Å²) in [4.78, 5) is 33.0. The quantitative estimate of drug-likeness (QED) is 0.456. The van der Waals surface area contributed by atoms with Crippen LogP contribution in [0.15, 0.2) is 34.2 Å². The number of thiophene rings is 1. The molecule has 3 aromatic rings. The minimum Gasteiger partial charge on any atom is -0.497 e. The van der Waals surface area contributed by atoms with E-state index in [-0.39, 0.29) is 22.8 Å². The normalized spacial score (nSPS) is 13.8. The number of thioether (sulfide) groups is 1. The maximum Gasteiger partial charge on any atom is 0.267 e. The van der Waals surface area contributed by atoms with Gasteiger partial charge in [-0.2, -0.15) is 0 Å². The van der Waals surface area contributed by atoms with Crippen LogP contribution in [0.25, 0.3) is 15.9 Å². The molecular weight excluding hydrogens is 430 g/mol. The number of nitrogens with zero attached hydrogens (tertiary/aromatic N) is 2. The third kappa shape index (κ3) is 4.65. The second kappa shape index (κ2) is 8.67. The summed E-state index contributed by atoms with van der Waals surface area (Å²) < 4.78 is 6.90. The number of nitrogens with one attached hydrogen (secondary N) is 1. The van der Waals surface area contributed by atoms with Gasteiger partial charge in [0.25, 0.3) is 5.56 Å². The van der Waals surface area contributed by atoms with Gasteiger partial charge in [-0.05, 0) is 76.3 Å². The smallest absolute Gasteiger partial charge is 0.267 e. The number of amides is 1. The van der Waals surface area contributed by atoms with E-state index < -0.39 is 0 Å². The molecule has 0 radical (unpaired) electrons. The molecule has 1 aliphatic carbocycles. The van der Waals surface area contributed by atoms with Crippen LogP contribution in [0.1, 0.15) is 44.1 Å². The van der Waals surface area contributed by atoms with Crippen LogP contribution in [-0.4, -0.2) is 33.9 Å². The lowest BCUT2D eigenvalue weighted by molar-refractivity contribution is -0.119. The molecule has 1 aromatic carbocycles. The molecule has 6 nitrogen and oxygen atoms in total. The molecule has 1 N–H and O–H groups in total. The summed E-state index contributed by atoms with van der Waals surface area (Å²) in [7, 11) is 1.61. The largest absolute Gasteiger partial charge is 0.497 e. The number of hydrogen-bond acceptors (Lipinski definition) is 6. The van der Waals surface area contributed by atoms with Gasteiger partial charge >= 0.3 is 0 Å². The molecule has 1 aliphatic rings. The predicted molar refractivity (Wildman–Crippen MR) is 127 cm³/mol. The Hall–Kier alpha value is -2.32. The van der Waals surface area contributed by atoms with E-state index in [4.69, 9.17) is 9.72 Å². The highest BCUT2D eigenvalue weighted by atomic mass is 32.2. The zero-order valence-electron chi connectivity index (χ0n) is 18.3. The Balaban J connectivity index is 1.80. The highest BCUT2D eigenvalue weighted by Gasteiger charge is 2.23. The summed E-state index contributed by atoms with van der Waals surface area (Å²) in [5.41, 5.74) is 1.51. The van der Waals surface area contributed by atoms with Gasteiger partial charge in [0.2, 0.25) is 5.91 Å². The van der Waals surface area contributed by atoms with Crippen molar-refractivity contribution in [3.8, 4) is 11.4 Å². The predicted octanol–water partition coefficient (Wildman–Crippen LogP) is 4.34. The van der Waals surface area contributed by atoms with Crippen LogP contribution in [0, 0.1) is 0 Å². The number of ether oxygens (including phenoxy) is 1. The minimum atomic E-state index is -0.308. The van der Waals surface area contributed by atoms with Crippen molar-refractivity contribution in [2.24, 2.45) is 0 Å². The topological polar surface area (TPSA) is 73.2 Å². The molecule has 2 heterocycles. The highest BCUT2D eigenvalue weighted by Crippen LogP contribution is 2.35. The lowest BCUT2D eigenvalue weighted by Crippen LogP contribution is -2.41. The molecule has 0 spiro atoms. The van der Waals surface area contributed by atoms with E-state index in [0.717, 1.165) is 52.9 Å². The Bertz CT molecular complexity index is 1170. The second-order valence-electron chi connectivity index (χ2n) is 8.71. The lowest BCUT2D eigenvalue weighted by Gasteiger charge is -2.20. The molecule has 2 aromatic heterocycles. The summed E-state index contributed by atoms with van der Waals surface area (Å²) in [5.74, 6) is 0.826. The Labute approximate surface area is 190 Å². The van der Waals surface area contributed by atoms with Gasteiger partial charge in [0.05, 0.1) is 23.9 Å². The first-order valence-electron chi connectivity index (χ1n) is 10.4. The molecule has 4 rings (SSSR count). The Kier molecular flexibility index (Phi) is 6.12. The Morgan fingerprint density at radius 2 is 1.94 bits per heavy atom. The molecule has 0 fully saturated rings. The number of rotatable bonds is 5. The first kappa shape index (κ1) is 21.9. The van der Waals surface area contributed by atoms with E-state index in [0.29, 0.717) is 5.16 Å². The average Bonchev–Trinajstić information content (AvgIpc) is 3.10. The monoisotopic (exact) mass is 457 g/mol. The number of methoxy groups -OCH3 is 1. The highest BCUT2D eigenvalue weighted by molar-refractivity contribution is 7.99. The molecule has 0 bridgehead atoms. The van der Waals surface area contributed by atoms with Crippen molar-refractivity contribution in [3.05, 3.63) is 45.1 Å². The molecule has 31 heavy (non-hydrogen) atoms. The fourth-order valence-corrected chi connectivity index (χ4v) is 5.94. The maximum absolute atomic E-state index is 13.7. The summed E-state index contributed by atoms with van der Waals surface area (Å²) in [6.07, 6.45) is 4.19. The van der Waals surface area contributed by atoms with Gasteiger partial charge in [0, 0.05) is 10.4 Å². The van der Waals surface area contributed by atoms with E-state index >= 15 is 0 Å². The van der Waals surface area contributed by atoms with Crippen molar-refractivity contribution in [3.63, 3.8) is 0 Å². The summed E-state index contributed by atoms with van der Waals surface area (Å²) >= 11 is 2.91. The number of hydrogen-bond donors (Lipinski definition) is 1. The number of benzene rings is 1. The van der Waals surface area contributed by atoms with Gasteiger partial charge in [-0.25, -0.2) is 4.98 Å². The third-order valence-corrected chi connectivity index (χ3v) is 7.26. The van der Waals surface area contributed by atoms with Gasteiger partial charge in [-0.1, -0.05) is 11.8 Å². The zero-order chi connectivity index (χ0) is 22.2. The number of carbonyl (C=O) groups excluding carboxylic acids is 1. The van der Waals surface area contributed by atoms with E-state index in [1.165, 1.54) is 16.6 Å². The van der Waals surface area contributed by atoms with Crippen molar-refractivity contribution in [1.29, 1.82) is 0 Å². The van der Waals surface area contributed by atoms with Crippen LogP contribution >= 0.6 is 23.1 Å². The molecular formula is C23H27N3O3S2. The molecule has 8 heteroatoms. The van der Waals surface area contributed by atoms with Crippen LogP contribution in [0.2, 0.25) is 0 Å². The Morgan fingerprint density at radius 1 is 1.23 bits per heavy atom. The molecule has 0 saturated heterocycles. The molecule has 164 valence electrons. The van der Waals surface area contributed by atoms with E-state index in [2.05, 4.69) is 5.32 Å². The van der Waals surface area contributed by atoms with Crippen LogP contribution in [0.3, 0.4) is 0 Å². The number of aryl methyl sites for hydroxylation is 2. The van der Waals surface area contributed by atoms with Gasteiger partial charge in [-0.3, -0.25) is 14.2 Å². The van der Waals surface area contributed by atoms with Gasteiger partial charge in [0.15, 0.2) is 5.16 Å². The van der Waals surface area contributed by atoms with Crippen LogP contribution < -0.4 is 15.6 Å². The first-order chi connectivity index (χ1) is 14.8. The summed E-state index contributed by atoms with van der Waals surface area (Å²) in [5, 5.41) is 4.23. The fraction of sp³-hybridized carbons (Fsp3) is 0.435. The van der Waals surface area contributed by atoms with Crippen molar-refractivity contribution in [2.45, 2.75) is 57.1 Å². The number of carbonyl (C=O) groups is 1. The SMILES string of the molecule is COc1ccc(-n2c(SCC(=O)NC(C)(C)C)nc3sc4c(c3c2=O)CCCC4)cc1. The fourth-order valence-electron chi connectivity index (χ4n) is 3.83.